The van der Waals surface area contributed by atoms with Crippen LogP contribution in [0.5, 0.6) is 0 Å². The van der Waals surface area contributed by atoms with Crippen molar-refractivity contribution < 1.29 is 4.90 Å². The fourth-order valence-electron chi connectivity index (χ4n) is 3.56. The van der Waals surface area contributed by atoms with Gasteiger partial charge in [0.2, 0.25) is 0 Å². The predicted molar refractivity (Wildman–Crippen MR) is 98.4 cm³/mol. The number of rotatable bonds is 3. The van der Waals surface area contributed by atoms with Crippen molar-refractivity contribution in [1.82, 2.24) is 0 Å². The zero-order valence-corrected chi connectivity index (χ0v) is 14.9. The molecule has 2 nitrogen and oxygen atoms in total. The number of benzene rings is 2. The molecule has 0 unspecified atom stereocenters. The molecule has 2 aromatic carbocycles. The number of quaternary nitrogens is 1. The van der Waals surface area contributed by atoms with Crippen LogP contribution in [-0.2, 0) is 6.54 Å². The lowest BCUT2D eigenvalue weighted by atomic mass is 10.0. The summed E-state index contributed by atoms with van der Waals surface area (Å²) in [6, 6.07) is 13.6. The Kier molecular flexibility index (Phi) is 4.72. The van der Waals surface area contributed by atoms with E-state index in [1.165, 1.54) is 46.6 Å². The standard InChI is InChI=1S/C21H28N2/c1-16-5-7-18(3)20(13-16)15-22-9-11-23(12-10-22)21-14-17(2)6-8-19(21)4/h5-8,13-14H,9-12,15H2,1-4H3/p+1. The fraction of sp³-hybridized carbons (Fsp3) is 0.429. The van der Waals surface area contributed by atoms with E-state index in [2.05, 4.69) is 69.0 Å². The van der Waals surface area contributed by atoms with Crippen LogP contribution in [0.1, 0.15) is 27.8 Å². The van der Waals surface area contributed by atoms with Gasteiger partial charge in [-0.15, -0.1) is 0 Å². The van der Waals surface area contributed by atoms with Crippen LogP contribution in [0.2, 0.25) is 0 Å². The summed E-state index contributed by atoms with van der Waals surface area (Å²) in [4.78, 5) is 4.27. The van der Waals surface area contributed by atoms with Gasteiger partial charge in [0.15, 0.2) is 0 Å². The molecule has 2 aromatic rings. The maximum absolute atomic E-state index is 2.56. The Hall–Kier alpha value is -1.80. The summed E-state index contributed by atoms with van der Waals surface area (Å²) >= 11 is 0. The Morgan fingerprint density at radius 3 is 2.13 bits per heavy atom. The van der Waals surface area contributed by atoms with Crippen LogP contribution in [0.25, 0.3) is 0 Å². The molecule has 1 aliphatic rings. The van der Waals surface area contributed by atoms with Gasteiger partial charge >= 0.3 is 0 Å². The molecule has 0 bridgehead atoms. The van der Waals surface area contributed by atoms with Crippen molar-refractivity contribution in [1.29, 1.82) is 0 Å². The quantitative estimate of drug-likeness (QED) is 0.916. The number of hydrogen-bond donors (Lipinski definition) is 1. The van der Waals surface area contributed by atoms with E-state index in [1.807, 2.05) is 0 Å². The highest BCUT2D eigenvalue weighted by molar-refractivity contribution is 5.55. The normalized spacial score (nSPS) is 15.9. The molecule has 23 heavy (non-hydrogen) atoms. The van der Waals surface area contributed by atoms with Gasteiger partial charge in [-0.1, -0.05) is 35.9 Å². The van der Waals surface area contributed by atoms with E-state index in [9.17, 15) is 0 Å². The van der Waals surface area contributed by atoms with Gasteiger partial charge in [0.05, 0.1) is 26.2 Å². The zero-order valence-electron chi connectivity index (χ0n) is 14.9. The van der Waals surface area contributed by atoms with Crippen LogP contribution in [0.3, 0.4) is 0 Å². The molecule has 0 radical (unpaired) electrons. The highest BCUT2D eigenvalue weighted by atomic mass is 15.3. The first-order valence-corrected chi connectivity index (χ1v) is 8.75. The molecule has 0 aliphatic carbocycles. The average Bonchev–Trinajstić information content (AvgIpc) is 2.54. The van der Waals surface area contributed by atoms with Crippen LogP contribution in [-0.4, -0.2) is 26.2 Å². The molecule has 3 rings (SSSR count). The van der Waals surface area contributed by atoms with Crippen molar-refractivity contribution in [2.45, 2.75) is 34.2 Å². The summed E-state index contributed by atoms with van der Waals surface area (Å²) in [5.74, 6) is 0. The highest BCUT2D eigenvalue weighted by Gasteiger charge is 2.21. The number of aryl methyl sites for hydroxylation is 4. The van der Waals surface area contributed by atoms with Gasteiger partial charge in [-0.3, -0.25) is 0 Å². The second-order valence-electron chi connectivity index (χ2n) is 7.13. The number of piperazine rings is 1. The van der Waals surface area contributed by atoms with Crippen LogP contribution in [0.4, 0.5) is 5.69 Å². The maximum atomic E-state index is 2.56. The Balaban J connectivity index is 1.64. The summed E-state index contributed by atoms with van der Waals surface area (Å²) in [6.07, 6.45) is 0. The van der Waals surface area contributed by atoms with Gasteiger partial charge < -0.3 is 9.80 Å². The Morgan fingerprint density at radius 1 is 0.826 bits per heavy atom. The molecule has 1 heterocycles. The van der Waals surface area contributed by atoms with Gasteiger partial charge in [-0.25, -0.2) is 0 Å². The minimum atomic E-state index is 1.16. The summed E-state index contributed by atoms with van der Waals surface area (Å²) in [5, 5.41) is 0. The summed E-state index contributed by atoms with van der Waals surface area (Å²) < 4.78 is 0. The molecule has 0 saturated carbocycles. The van der Waals surface area contributed by atoms with Crippen LogP contribution >= 0.6 is 0 Å². The van der Waals surface area contributed by atoms with Crippen molar-refractivity contribution in [3.8, 4) is 0 Å². The molecular formula is C21H29N2+. The number of nitrogens with zero attached hydrogens (tertiary/aromatic N) is 1. The molecular weight excluding hydrogens is 280 g/mol. The molecule has 1 saturated heterocycles. The Bertz CT molecular complexity index is 682. The van der Waals surface area contributed by atoms with E-state index < -0.39 is 0 Å². The number of anilines is 1. The number of nitrogens with one attached hydrogen (secondary N) is 1. The first kappa shape index (κ1) is 16.1. The van der Waals surface area contributed by atoms with E-state index in [1.54, 1.807) is 4.90 Å². The SMILES string of the molecule is Cc1ccc(C)c(C[NH+]2CCN(c3cc(C)ccc3C)CC2)c1. The van der Waals surface area contributed by atoms with Crippen LogP contribution in [0, 0.1) is 27.7 Å². The van der Waals surface area contributed by atoms with E-state index in [0.29, 0.717) is 0 Å². The predicted octanol–water partition coefficient (Wildman–Crippen LogP) is 2.83. The third kappa shape index (κ3) is 3.76. The number of hydrogen-bond acceptors (Lipinski definition) is 1. The van der Waals surface area contributed by atoms with Crippen LogP contribution in [0.15, 0.2) is 36.4 Å². The summed E-state index contributed by atoms with van der Waals surface area (Å²) in [7, 11) is 0. The van der Waals surface area contributed by atoms with E-state index in [0.717, 1.165) is 19.6 Å². The topological polar surface area (TPSA) is 7.68 Å². The molecule has 1 aliphatic heterocycles. The van der Waals surface area contributed by atoms with E-state index in [4.69, 9.17) is 0 Å². The van der Waals surface area contributed by atoms with Crippen LogP contribution < -0.4 is 9.80 Å². The van der Waals surface area contributed by atoms with E-state index in [-0.39, 0.29) is 0 Å². The molecule has 0 amide bonds. The first-order chi connectivity index (χ1) is 11.0. The molecule has 2 heteroatoms. The van der Waals surface area contributed by atoms with Crippen molar-refractivity contribution in [3.63, 3.8) is 0 Å². The highest BCUT2D eigenvalue weighted by Crippen LogP contribution is 2.21. The zero-order chi connectivity index (χ0) is 16.4. The van der Waals surface area contributed by atoms with Crippen molar-refractivity contribution in [2.75, 3.05) is 31.1 Å². The second-order valence-corrected chi connectivity index (χ2v) is 7.13. The largest absolute Gasteiger partial charge is 0.360 e. The minimum absolute atomic E-state index is 1.16. The fourth-order valence-corrected chi connectivity index (χ4v) is 3.56. The smallest absolute Gasteiger partial charge is 0.103 e. The molecule has 1 fully saturated rings. The van der Waals surface area contributed by atoms with Gasteiger partial charge in [-0.05, 0) is 50.5 Å². The molecule has 0 spiro atoms. The lowest BCUT2D eigenvalue weighted by Gasteiger charge is -2.35. The maximum Gasteiger partial charge on any atom is 0.103 e. The Morgan fingerprint density at radius 2 is 1.43 bits per heavy atom. The lowest BCUT2D eigenvalue weighted by Crippen LogP contribution is -3.13. The van der Waals surface area contributed by atoms with Gasteiger partial charge in [0, 0.05) is 11.3 Å². The minimum Gasteiger partial charge on any atom is -0.360 e. The summed E-state index contributed by atoms with van der Waals surface area (Å²) in [5.41, 5.74) is 8.50. The molecule has 1 N–H and O–H groups in total. The molecule has 0 atom stereocenters. The van der Waals surface area contributed by atoms with E-state index >= 15 is 0 Å². The molecule has 122 valence electrons. The first-order valence-electron chi connectivity index (χ1n) is 8.75. The van der Waals surface area contributed by atoms with Gasteiger partial charge in [-0.2, -0.15) is 0 Å². The third-order valence-electron chi connectivity index (χ3n) is 5.12. The lowest BCUT2D eigenvalue weighted by molar-refractivity contribution is -0.914. The van der Waals surface area contributed by atoms with Gasteiger partial charge in [0.25, 0.3) is 0 Å². The Labute approximate surface area is 140 Å². The van der Waals surface area contributed by atoms with Crippen molar-refractivity contribution in [2.24, 2.45) is 0 Å². The average molecular weight is 309 g/mol. The van der Waals surface area contributed by atoms with Crippen molar-refractivity contribution in [3.05, 3.63) is 64.2 Å². The van der Waals surface area contributed by atoms with Crippen molar-refractivity contribution >= 4 is 5.69 Å². The molecule has 0 aromatic heterocycles. The third-order valence-corrected chi connectivity index (χ3v) is 5.12. The second kappa shape index (κ2) is 6.76. The van der Waals surface area contributed by atoms with Gasteiger partial charge in [0.1, 0.15) is 6.54 Å². The monoisotopic (exact) mass is 309 g/mol. The summed E-state index contributed by atoms with van der Waals surface area (Å²) in [6.45, 7) is 14.8.